The minimum Gasteiger partial charge on any atom is -0.497 e. The molecular formula is C17H12F4N2O2. The maximum absolute atomic E-state index is 13.3. The molecule has 1 heterocycles. The second-order valence-electron chi connectivity index (χ2n) is 5.28. The maximum atomic E-state index is 13.3. The van der Waals surface area contributed by atoms with Crippen molar-refractivity contribution in [1.82, 2.24) is 4.98 Å². The van der Waals surface area contributed by atoms with E-state index in [0.717, 1.165) is 11.5 Å². The lowest BCUT2D eigenvalue weighted by atomic mass is 10.1. The number of carbonyl (C=O) groups is 1. The summed E-state index contributed by atoms with van der Waals surface area (Å²) in [4.78, 5) is 15.1. The lowest BCUT2D eigenvalue weighted by molar-refractivity contribution is -0.139. The number of nitrogens with one attached hydrogen (secondary N) is 2. The Hall–Kier alpha value is -3.03. The number of rotatable bonds is 3. The van der Waals surface area contributed by atoms with Gasteiger partial charge in [0.2, 0.25) is 0 Å². The Labute approximate surface area is 139 Å². The Morgan fingerprint density at radius 3 is 2.56 bits per heavy atom. The molecule has 25 heavy (non-hydrogen) atoms. The van der Waals surface area contributed by atoms with Crippen LogP contribution in [0.2, 0.25) is 0 Å². The molecule has 1 aromatic heterocycles. The number of amides is 1. The van der Waals surface area contributed by atoms with Gasteiger partial charge in [-0.1, -0.05) is 0 Å². The van der Waals surface area contributed by atoms with Crippen molar-refractivity contribution in [3.63, 3.8) is 0 Å². The van der Waals surface area contributed by atoms with E-state index in [0.29, 0.717) is 23.4 Å². The summed E-state index contributed by atoms with van der Waals surface area (Å²) in [6, 6.07) is 8.97. The molecule has 1 amide bonds. The van der Waals surface area contributed by atoms with Crippen LogP contribution in [0.3, 0.4) is 0 Å². The van der Waals surface area contributed by atoms with Crippen LogP contribution in [0.1, 0.15) is 16.1 Å². The van der Waals surface area contributed by atoms with Crippen LogP contribution in [-0.4, -0.2) is 18.0 Å². The summed E-state index contributed by atoms with van der Waals surface area (Å²) >= 11 is 0. The van der Waals surface area contributed by atoms with E-state index in [2.05, 4.69) is 10.3 Å². The molecule has 0 aliphatic carbocycles. The van der Waals surface area contributed by atoms with E-state index in [9.17, 15) is 22.4 Å². The van der Waals surface area contributed by atoms with Crippen molar-refractivity contribution in [2.75, 3.05) is 12.4 Å². The summed E-state index contributed by atoms with van der Waals surface area (Å²) in [5.74, 6) is -1.45. The van der Waals surface area contributed by atoms with Gasteiger partial charge in [-0.05, 0) is 36.4 Å². The normalized spacial score (nSPS) is 11.6. The number of ether oxygens (including phenoxy) is 1. The molecule has 0 bridgehead atoms. The van der Waals surface area contributed by atoms with Gasteiger partial charge >= 0.3 is 6.18 Å². The van der Waals surface area contributed by atoms with E-state index in [-0.39, 0.29) is 11.4 Å². The van der Waals surface area contributed by atoms with Gasteiger partial charge in [-0.25, -0.2) is 4.39 Å². The van der Waals surface area contributed by atoms with Crippen molar-refractivity contribution < 1.29 is 27.1 Å². The van der Waals surface area contributed by atoms with Crippen LogP contribution in [0.5, 0.6) is 5.75 Å². The number of hydrogen-bond donors (Lipinski definition) is 2. The Morgan fingerprint density at radius 2 is 1.88 bits per heavy atom. The number of carbonyl (C=O) groups excluding carboxylic acids is 1. The molecule has 0 aliphatic rings. The third-order valence-electron chi connectivity index (χ3n) is 3.60. The van der Waals surface area contributed by atoms with Crippen molar-refractivity contribution >= 4 is 22.5 Å². The highest BCUT2D eigenvalue weighted by Crippen LogP contribution is 2.33. The molecule has 8 heteroatoms. The molecular weight excluding hydrogens is 340 g/mol. The van der Waals surface area contributed by atoms with Gasteiger partial charge in [-0.15, -0.1) is 0 Å². The Morgan fingerprint density at radius 1 is 1.12 bits per heavy atom. The standard InChI is InChI=1S/C17H12F4N2O2/c1-25-11-4-2-9-6-15(23-14(9)8-11)16(24)22-10-3-5-13(18)12(7-10)17(19,20)21/h2-8,23H,1H3,(H,22,24). The Bertz CT molecular complexity index is 947. The molecule has 0 unspecified atom stereocenters. The van der Waals surface area contributed by atoms with Gasteiger partial charge in [0.15, 0.2) is 0 Å². The molecule has 4 nitrogen and oxygen atoms in total. The largest absolute Gasteiger partial charge is 0.497 e. The highest BCUT2D eigenvalue weighted by molar-refractivity contribution is 6.06. The van der Waals surface area contributed by atoms with Gasteiger partial charge in [0.1, 0.15) is 17.3 Å². The number of fused-ring (bicyclic) bond motifs is 1. The summed E-state index contributed by atoms with van der Waals surface area (Å²) in [7, 11) is 1.50. The van der Waals surface area contributed by atoms with Crippen molar-refractivity contribution in [2.45, 2.75) is 6.18 Å². The zero-order valence-electron chi connectivity index (χ0n) is 12.9. The topological polar surface area (TPSA) is 54.1 Å². The number of hydrogen-bond acceptors (Lipinski definition) is 2. The highest BCUT2D eigenvalue weighted by Gasteiger charge is 2.34. The number of aromatic amines is 1. The fourth-order valence-corrected chi connectivity index (χ4v) is 2.37. The minimum absolute atomic E-state index is 0.154. The van der Waals surface area contributed by atoms with Gasteiger partial charge in [-0.2, -0.15) is 13.2 Å². The fraction of sp³-hybridized carbons (Fsp3) is 0.118. The molecule has 0 atom stereocenters. The summed E-state index contributed by atoms with van der Waals surface area (Å²) in [6.45, 7) is 0. The third-order valence-corrected chi connectivity index (χ3v) is 3.60. The van der Waals surface area contributed by atoms with E-state index in [4.69, 9.17) is 4.74 Å². The molecule has 3 aromatic rings. The van der Waals surface area contributed by atoms with Crippen molar-refractivity contribution in [3.05, 3.63) is 59.5 Å². The Balaban J connectivity index is 1.87. The van der Waals surface area contributed by atoms with Crippen LogP contribution >= 0.6 is 0 Å². The molecule has 2 N–H and O–H groups in total. The van der Waals surface area contributed by atoms with Crippen LogP contribution in [-0.2, 0) is 6.18 Å². The number of anilines is 1. The van der Waals surface area contributed by atoms with E-state index >= 15 is 0 Å². The summed E-state index contributed by atoms with van der Waals surface area (Å²) in [5, 5.41) is 3.06. The molecule has 0 saturated carbocycles. The average Bonchev–Trinajstić information content (AvgIpc) is 2.98. The fourth-order valence-electron chi connectivity index (χ4n) is 2.37. The van der Waals surface area contributed by atoms with Gasteiger partial charge in [0.05, 0.1) is 12.7 Å². The monoisotopic (exact) mass is 352 g/mol. The predicted molar refractivity (Wildman–Crippen MR) is 84.2 cm³/mol. The van der Waals surface area contributed by atoms with Crippen molar-refractivity contribution in [1.29, 1.82) is 0 Å². The van der Waals surface area contributed by atoms with Crippen molar-refractivity contribution in [3.8, 4) is 5.75 Å². The molecule has 0 fully saturated rings. The van der Waals surface area contributed by atoms with Gasteiger partial charge in [0, 0.05) is 22.7 Å². The number of halogens is 4. The van der Waals surface area contributed by atoms with Crippen LogP contribution < -0.4 is 10.1 Å². The van der Waals surface area contributed by atoms with Gasteiger partial charge in [-0.3, -0.25) is 4.79 Å². The number of benzene rings is 2. The zero-order chi connectivity index (χ0) is 18.2. The third kappa shape index (κ3) is 3.42. The predicted octanol–water partition coefficient (Wildman–Crippen LogP) is 4.59. The number of methoxy groups -OCH3 is 1. The van der Waals surface area contributed by atoms with E-state index in [1.54, 1.807) is 24.3 Å². The van der Waals surface area contributed by atoms with Gasteiger partial charge < -0.3 is 15.0 Å². The summed E-state index contributed by atoms with van der Waals surface area (Å²) in [5.41, 5.74) is -0.803. The maximum Gasteiger partial charge on any atom is 0.419 e. The zero-order valence-corrected chi connectivity index (χ0v) is 12.9. The Kier molecular flexibility index (Phi) is 4.12. The van der Waals surface area contributed by atoms with E-state index < -0.39 is 23.5 Å². The highest BCUT2D eigenvalue weighted by atomic mass is 19.4. The number of aromatic nitrogens is 1. The molecule has 3 rings (SSSR count). The summed E-state index contributed by atoms with van der Waals surface area (Å²) in [6.07, 6.45) is -4.84. The summed E-state index contributed by atoms with van der Waals surface area (Å²) < 4.78 is 56.6. The first-order valence-corrected chi connectivity index (χ1v) is 7.13. The smallest absolute Gasteiger partial charge is 0.419 e. The quantitative estimate of drug-likeness (QED) is 0.678. The molecule has 0 aliphatic heterocycles. The first-order chi connectivity index (χ1) is 11.8. The molecule has 0 radical (unpaired) electrons. The van der Waals surface area contributed by atoms with Crippen LogP contribution in [0.25, 0.3) is 10.9 Å². The van der Waals surface area contributed by atoms with Crippen LogP contribution in [0.15, 0.2) is 42.5 Å². The average molecular weight is 352 g/mol. The molecule has 130 valence electrons. The van der Waals surface area contributed by atoms with E-state index in [1.165, 1.54) is 7.11 Å². The first-order valence-electron chi connectivity index (χ1n) is 7.13. The van der Waals surface area contributed by atoms with Crippen molar-refractivity contribution in [2.24, 2.45) is 0 Å². The van der Waals surface area contributed by atoms with Crippen LogP contribution in [0, 0.1) is 5.82 Å². The second-order valence-corrected chi connectivity index (χ2v) is 5.28. The molecule has 2 aromatic carbocycles. The van der Waals surface area contributed by atoms with Crippen LogP contribution in [0.4, 0.5) is 23.2 Å². The second kappa shape index (κ2) is 6.12. The molecule has 0 saturated heterocycles. The molecule has 0 spiro atoms. The van der Waals surface area contributed by atoms with Gasteiger partial charge in [0.25, 0.3) is 5.91 Å². The SMILES string of the molecule is COc1ccc2cc(C(=O)Nc3ccc(F)c(C(F)(F)F)c3)[nH]c2c1. The lowest BCUT2D eigenvalue weighted by Gasteiger charge is -2.10. The van der Waals surface area contributed by atoms with E-state index in [1.807, 2.05) is 0 Å². The first kappa shape index (κ1) is 16.8. The lowest BCUT2D eigenvalue weighted by Crippen LogP contribution is -2.14. The number of H-pyrrole nitrogens is 1. The minimum atomic E-state index is -4.84. The number of alkyl halides is 3.